The van der Waals surface area contributed by atoms with E-state index in [0.29, 0.717) is 0 Å². The van der Waals surface area contributed by atoms with Crippen molar-refractivity contribution in [2.24, 2.45) is 5.73 Å². The van der Waals surface area contributed by atoms with Crippen LogP contribution in [-0.4, -0.2) is 4.98 Å². The molecule has 0 fully saturated rings. The van der Waals surface area contributed by atoms with Gasteiger partial charge in [0, 0.05) is 12.7 Å². The number of nitriles is 1. The molecule has 1 rings (SSSR count). The maximum absolute atomic E-state index is 12.5. The molecule has 0 aromatic carbocycles. The predicted molar refractivity (Wildman–Crippen MR) is 46.8 cm³/mol. The van der Waals surface area contributed by atoms with Gasteiger partial charge in [0.15, 0.2) is 0 Å². The Morgan fingerprint density at radius 2 is 2.29 bits per heavy atom. The first-order valence-electron chi connectivity index (χ1n) is 3.67. The SMILES string of the molecule is N#Cc1ncc(Cl)c(CN)c1C(F)F. The summed E-state index contributed by atoms with van der Waals surface area (Å²) in [4.78, 5) is 3.50. The van der Waals surface area contributed by atoms with Crippen molar-refractivity contribution >= 4 is 11.6 Å². The fraction of sp³-hybridized carbons (Fsp3) is 0.250. The predicted octanol–water partition coefficient (Wildman–Crippen LogP) is 2.00. The number of alkyl halides is 2. The Labute approximate surface area is 84.1 Å². The lowest BCUT2D eigenvalue weighted by Crippen LogP contribution is -2.07. The second-order valence-corrected chi connectivity index (χ2v) is 2.87. The van der Waals surface area contributed by atoms with Crippen LogP contribution in [0.15, 0.2) is 6.20 Å². The van der Waals surface area contributed by atoms with Gasteiger partial charge in [0.25, 0.3) is 6.43 Å². The molecule has 14 heavy (non-hydrogen) atoms. The lowest BCUT2D eigenvalue weighted by Gasteiger charge is -2.09. The van der Waals surface area contributed by atoms with Gasteiger partial charge >= 0.3 is 0 Å². The van der Waals surface area contributed by atoms with Crippen molar-refractivity contribution < 1.29 is 8.78 Å². The molecular weight excluding hydrogens is 212 g/mol. The molecule has 0 aliphatic heterocycles. The molecule has 0 amide bonds. The largest absolute Gasteiger partial charge is 0.326 e. The third-order valence-corrected chi connectivity index (χ3v) is 2.03. The summed E-state index contributed by atoms with van der Waals surface area (Å²) < 4.78 is 25.1. The van der Waals surface area contributed by atoms with Gasteiger partial charge in [-0.25, -0.2) is 13.8 Å². The van der Waals surface area contributed by atoms with Crippen molar-refractivity contribution in [3.05, 3.63) is 28.0 Å². The van der Waals surface area contributed by atoms with E-state index in [1.165, 1.54) is 0 Å². The van der Waals surface area contributed by atoms with E-state index < -0.39 is 12.0 Å². The van der Waals surface area contributed by atoms with Gasteiger partial charge in [-0.15, -0.1) is 0 Å². The Morgan fingerprint density at radius 1 is 1.64 bits per heavy atom. The van der Waals surface area contributed by atoms with Crippen LogP contribution >= 0.6 is 11.6 Å². The molecule has 1 aromatic rings. The molecule has 1 aromatic heterocycles. The summed E-state index contributed by atoms with van der Waals surface area (Å²) in [7, 11) is 0. The zero-order valence-corrected chi connectivity index (χ0v) is 7.72. The Balaban J connectivity index is 3.46. The van der Waals surface area contributed by atoms with Crippen molar-refractivity contribution in [2.75, 3.05) is 0 Å². The molecule has 74 valence electrons. The Hall–Kier alpha value is -1.25. The molecule has 0 saturated heterocycles. The molecule has 0 atom stereocenters. The van der Waals surface area contributed by atoms with Crippen LogP contribution in [0.4, 0.5) is 8.78 Å². The lowest BCUT2D eigenvalue weighted by molar-refractivity contribution is 0.149. The van der Waals surface area contributed by atoms with Gasteiger partial charge in [-0.1, -0.05) is 11.6 Å². The van der Waals surface area contributed by atoms with E-state index in [4.69, 9.17) is 22.6 Å². The smallest absolute Gasteiger partial charge is 0.267 e. The number of rotatable bonds is 2. The van der Waals surface area contributed by atoms with Gasteiger partial charge < -0.3 is 5.73 Å². The van der Waals surface area contributed by atoms with Crippen LogP contribution < -0.4 is 5.73 Å². The molecule has 0 aliphatic carbocycles. The van der Waals surface area contributed by atoms with Crippen molar-refractivity contribution in [1.29, 1.82) is 5.26 Å². The van der Waals surface area contributed by atoms with Crippen LogP contribution in [0.2, 0.25) is 5.02 Å². The van der Waals surface area contributed by atoms with E-state index in [1.807, 2.05) is 0 Å². The third-order valence-electron chi connectivity index (χ3n) is 1.70. The Morgan fingerprint density at radius 3 is 2.71 bits per heavy atom. The van der Waals surface area contributed by atoms with Crippen molar-refractivity contribution in [3.63, 3.8) is 0 Å². The summed E-state index contributed by atoms with van der Waals surface area (Å²) in [5.74, 6) is 0. The first-order chi connectivity index (χ1) is 6.61. The first kappa shape index (κ1) is 10.8. The number of nitrogens with zero attached hydrogens (tertiary/aromatic N) is 2. The number of pyridine rings is 1. The number of aromatic nitrogens is 1. The Bertz CT molecular complexity index is 387. The summed E-state index contributed by atoms with van der Waals surface area (Å²) >= 11 is 5.62. The maximum atomic E-state index is 12.5. The summed E-state index contributed by atoms with van der Waals surface area (Å²) in [6.07, 6.45) is -1.65. The van der Waals surface area contributed by atoms with Crippen molar-refractivity contribution in [3.8, 4) is 6.07 Å². The number of hydrogen-bond donors (Lipinski definition) is 1. The maximum Gasteiger partial charge on any atom is 0.267 e. The van der Waals surface area contributed by atoms with Gasteiger partial charge in [-0.05, 0) is 5.56 Å². The fourth-order valence-electron chi connectivity index (χ4n) is 1.07. The normalized spacial score (nSPS) is 10.3. The van der Waals surface area contributed by atoms with Crippen LogP contribution in [0.3, 0.4) is 0 Å². The zero-order chi connectivity index (χ0) is 10.7. The van der Waals surface area contributed by atoms with Crippen molar-refractivity contribution in [1.82, 2.24) is 4.98 Å². The van der Waals surface area contributed by atoms with E-state index in [0.717, 1.165) is 6.20 Å². The minimum Gasteiger partial charge on any atom is -0.326 e. The summed E-state index contributed by atoms with van der Waals surface area (Å²) in [6.45, 7) is -0.143. The minimum atomic E-state index is -2.80. The highest BCUT2D eigenvalue weighted by molar-refractivity contribution is 6.31. The highest BCUT2D eigenvalue weighted by atomic mass is 35.5. The van der Waals surface area contributed by atoms with E-state index in [2.05, 4.69) is 4.98 Å². The van der Waals surface area contributed by atoms with Gasteiger partial charge in [-0.2, -0.15) is 5.26 Å². The average Bonchev–Trinajstić information content (AvgIpc) is 2.17. The fourth-order valence-corrected chi connectivity index (χ4v) is 1.30. The van der Waals surface area contributed by atoms with E-state index in [1.54, 1.807) is 6.07 Å². The van der Waals surface area contributed by atoms with E-state index in [9.17, 15) is 8.78 Å². The van der Waals surface area contributed by atoms with Crippen molar-refractivity contribution in [2.45, 2.75) is 13.0 Å². The molecular formula is C8H6ClF2N3. The summed E-state index contributed by atoms with van der Waals surface area (Å²) in [5.41, 5.74) is 4.54. The van der Waals surface area contributed by atoms with Crippen LogP contribution in [0.25, 0.3) is 0 Å². The average molecular weight is 218 g/mol. The standard InChI is InChI=1S/C8H6ClF2N3/c9-5-3-14-6(2-13)7(8(10)11)4(5)1-12/h3,8H,1,12H2. The number of nitrogens with two attached hydrogens (primary N) is 1. The lowest BCUT2D eigenvalue weighted by atomic mass is 10.1. The molecule has 2 N–H and O–H groups in total. The monoisotopic (exact) mass is 217 g/mol. The van der Waals surface area contributed by atoms with Crippen LogP contribution in [0, 0.1) is 11.3 Å². The molecule has 0 unspecified atom stereocenters. The van der Waals surface area contributed by atoms with Crippen LogP contribution in [0.1, 0.15) is 23.2 Å². The number of hydrogen-bond acceptors (Lipinski definition) is 3. The van der Waals surface area contributed by atoms with Crippen LogP contribution in [-0.2, 0) is 6.54 Å². The quantitative estimate of drug-likeness (QED) is 0.824. The highest BCUT2D eigenvalue weighted by Gasteiger charge is 2.20. The second kappa shape index (κ2) is 4.31. The van der Waals surface area contributed by atoms with Crippen LogP contribution in [0.5, 0.6) is 0 Å². The Kier molecular flexibility index (Phi) is 3.33. The highest BCUT2D eigenvalue weighted by Crippen LogP contribution is 2.29. The topological polar surface area (TPSA) is 62.7 Å². The van der Waals surface area contributed by atoms with E-state index >= 15 is 0 Å². The second-order valence-electron chi connectivity index (χ2n) is 2.46. The molecule has 6 heteroatoms. The molecule has 0 saturated carbocycles. The molecule has 0 radical (unpaired) electrons. The molecule has 1 heterocycles. The summed E-state index contributed by atoms with van der Waals surface area (Å²) in [5, 5.41) is 8.61. The summed E-state index contributed by atoms with van der Waals surface area (Å²) in [6, 6.07) is 1.57. The zero-order valence-electron chi connectivity index (χ0n) is 6.97. The molecule has 0 aliphatic rings. The van der Waals surface area contributed by atoms with Gasteiger partial charge in [-0.3, -0.25) is 0 Å². The molecule has 0 bridgehead atoms. The first-order valence-corrected chi connectivity index (χ1v) is 4.05. The van der Waals surface area contributed by atoms with Gasteiger partial charge in [0.2, 0.25) is 0 Å². The third kappa shape index (κ3) is 1.81. The van der Waals surface area contributed by atoms with Gasteiger partial charge in [0.05, 0.1) is 10.6 Å². The molecule has 0 spiro atoms. The minimum absolute atomic E-state index is 0.0572. The van der Waals surface area contributed by atoms with Gasteiger partial charge in [0.1, 0.15) is 11.8 Å². The molecule has 3 nitrogen and oxygen atoms in total. The van der Waals surface area contributed by atoms with E-state index in [-0.39, 0.29) is 22.8 Å². The number of halogens is 3.